The van der Waals surface area contributed by atoms with E-state index in [0.29, 0.717) is 0 Å². The van der Waals surface area contributed by atoms with Crippen molar-refractivity contribution in [2.75, 3.05) is 0 Å². The van der Waals surface area contributed by atoms with E-state index in [4.69, 9.17) is 0 Å². The Morgan fingerprint density at radius 2 is 1.10 bits per heavy atom. The van der Waals surface area contributed by atoms with Crippen LogP contribution in [-0.2, 0) is 6.42 Å². The van der Waals surface area contributed by atoms with Gasteiger partial charge in [0.25, 0.3) is 0 Å². The zero-order valence-corrected chi connectivity index (χ0v) is 16.1. The number of hydrogen-bond donors (Lipinski definition) is 0. The second-order valence-corrected chi connectivity index (χ2v) is 7.75. The van der Waals surface area contributed by atoms with Crippen LogP contribution in [0.2, 0.25) is 0 Å². The Bertz CT molecular complexity index is 1360. The summed E-state index contributed by atoms with van der Waals surface area (Å²) >= 11 is 0. The Balaban J connectivity index is 1.56. The second-order valence-electron chi connectivity index (χ2n) is 7.75. The van der Waals surface area contributed by atoms with E-state index in [1.165, 1.54) is 55.3 Å². The topological polar surface area (TPSA) is 0 Å². The molecular weight excluding hydrogens is 348 g/mol. The molecule has 0 aromatic heterocycles. The lowest BCUT2D eigenvalue weighted by molar-refractivity contribution is 1.20. The van der Waals surface area contributed by atoms with Crippen LogP contribution in [0.4, 0.5) is 0 Å². The van der Waals surface area contributed by atoms with Crippen molar-refractivity contribution in [1.82, 2.24) is 0 Å². The highest BCUT2D eigenvalue weighted by molar-refractivity contribution is 6.16. The number of rotatable bonds is 3. The second kappa shape index (κ2) is 6.46. The molecule has 1 aliphatic carbocycles. The summed E-state index contributed by atoms with van der Waals surface area (Å²) < 4.78 is 0. The summed E-state index contributed by atoms with van der Waals surface area (Å²) in [6.45, 7) is 0. The minimum atomic E-state index is 0.930. The van der Waals surface area contributed by atoms with Gasteiger partial charge in [0.2, 0.25) is 0 Å². The van der Waals surface area contributed by atoms with E-state index < -0.39 is 0 Å². The van der Waals surface area contributed by atoms with Gasteiger partial charge in [0.15, 0.2) is 0 Å². The Labute approximate surface area is 171 Å². The van der Waals surface area contributed by atoms with E-state index in [0.717, 1.165) is 6.42 Å². The number of hydrogen-bond acceptors (Lipinski definition) is 0. The molecule has 0 nitrogen and oxygen atoms in total. The van der Waals surface area contributed by atoms with Crippen LogP contribution in [0.1, 0.15) is 11.1 Å². The van der Waals surface area contributed by atoms with Crippen molar-refractivity contribution < 1.29 is 0 Å². The standard InChI is InChI=1S/C29H20/c1-2-9-20(10-3-1)24-13-5-4-11-22(24)19-23-18-17-21-12-8-16-27-25-14-6-7-15-26(25)29(23)28(21)27/h1-18H,19H2. The molecule has 6 rings (SSSR count). The summed E-state index contributed by atoms with van der Waals surface area (Å²) in [7, 11) is 0. The van der Waals surface area contributed by atoms with Crippen molar-refractivity contribution in [2.45, 2.75) is 6.42 Å². The van der Waals surface area contributed by atoms with Gasteiger partial charge in [0.1, 0.15) is 0 Å². The maximum absolute atomic E-state index is 2.32. The van der Waals surface area contributed by atoms with Gasteiger partial charge >= 0.3 is 0 Å². The molecule has 0 atom stereocenters. The van der Waals surface area contributed by atoms with Crippen LogP contribution in [0.15, 0.2) is 109 Å². The predicted octanol–water partition coefficient (Wildman–Crippen LogP) is 7.75. The van der Waals surface area contributed by atoms with Crippen LogP contribution >= 0.6 is 0 Å². The fourth-order valence-electron chi connectivity index (χ4n) is 4.82. The minimum Gasteiger partial charge on any atom is -0.0622 e. The van der Waals surface area contributed by atoms with Crippen molar-refractivity contribution in [3.05, 3.63) is 120 Å². The number of fused-ring (bicyclic) bond motifs is 3. The highest BCUT2D eigenvalue weighted by Crippen LogP contribution is 2.49. The Morgan fingerprint density at radius 3 is 1.97 bits per heavy atom. The molecule has 0 heteroatoms. The number of benzene rings is 5. The third-order valence-electron chi connectivity index (χ3n) is 6.10. The van der Waals surface area contributed by atoms with Gasteiger partial charge in [-0.1, -0.05) is 109 Å². The van der Waals surface area contributed by atoms with Gasteiger partial charge < -0.3 is 0 Å². The zero-order chi connectivity index (χ0) is 19.2. The van der Waals surface area contributed by atoms with Crippen LogP contribution < -0.4 is 0 Å². The van der Waals surface area contributed by atoms with Gasteiger partial charge in [0.05, 0.1) is 0 Å². The fraction of sp³-hybridized carbons (Fsp3) is 0.0345. The molecule has 0 spiro atoms. The van der Waals surface area contributed by atoms with Gasteiger partial charge in [-0.3, -0.25) is 0 Å². The van der Waals surface area contributed by atoms with Crippen LogP contribution in [0.3, 0.4) is 0 Å². The molecular formula is C29H20. The molecule has 0 fully saturated rings. The lowest BCUT2D eigenvalue weighted by Gasteiger charge is -2.14. The normalized spacial score (nSPS) is 11.6. The summed E-state index contributed by atoms with van der Waals surface area (Å²) in [6.07, 6.45) is 0.930. The smallest absolute Gasteiger partial charge is 0.00132 e. The summed E-state index contributed by atoms with van der Waals surface area (Å²) in [5.74, 6) is 0. The van der Waals surface area contributed by atoms with Crippen molar-refractivity contribution in [1.29, 1.82) is 0 Å². The van der Waals surface area contributed by atoms with Crippen molar-refractivity contribution >= 4 is 10.8 Å². The molecule has 136 valence electrons. The Morgan fingerprint density at radius 1 is 0.414 bits per heavy atom. The third kappa shape index (κ3) is 2.53. The van der Waals surface area contributed by atoms with E-state index in [1.807, 2.05) is 0 Å². The van der Waals surface area contributed by atoms with Crippen molar-refractivity contribution in [3.8, 4) is 33.4 Å². The van der Waals surface area contributed by atoms with Gasteiger partial charge in [0, 0.05) is 0 Å². The molecule has 5 aromatic rings. The Kier molecular flexibility index (Phi) is 3.64. The first-order valence-corrected chi connectivity index (χ1v) is 10.2. The first-order valence-electron chi connectivity index (χ1n) is 10.2. The highest BCUT2D eigenvalue weighted by Gasteiger charge is 2.23. The minimum absolute atomic E-state index is 0.930. The van der Waals surface area contributed by atoms with Crippen LogP contribution in [0.5, 0.6) is 0 Å². The lowest BCUT2D eigenvalue weighted by Crippen LogP contribution is -1.95. The van der Waals surface area contributed by atoms with Crippen molar-refractivity contribution in [3.63, 3.8) is 0 Å². The van der Waals surface area contributed by atoms with E-state index in [-0.39, 0.29) is 0 Å². The quantitative estimate of drug-likeness (QED) is 0.299. The van der Waals surface area contributed by atoms with Gasteiger partial charge in [-0.15, -0.1) is 0 Å². The van der Waals surface area contributed by atoms with Crippen LogP contribution in [-0.4, -0.2) is 0 Å². The summed E-state index contributed by atoms with van der Waals surface area (Å²) in [5, 5.41) is 2.73. The van der Waals surface area contributed by atoms with Gasteiger partial charge in [-0.05, 0) is 61.7 Å². The van der Waals surface area contributed by atoms with Crippen LogP contribution in [0, 0.1) is 0 Å². The molecule has 5 aromatic carbocycles. The first-order chi connectivity index (χ1) is 14.4. The third-order valence-corrected chi connectivity index (χ3v) is 6.10. The maximum Gasteiger partial charge on any atom is -0.00132 e. The lowest BCUT2D eigenvalue weighted by atomic mass is 9.90. The Hall–Kier alpha value is -3.64. The predicted molar refractivity (Wildman–Crippen MR) is 123 cm³/mol. The molecule has 0 bridgehead atoms. The summed E-state index contributed by atoms with van der Waals surface area (Å²) in [4.78, 5) is 0. The fourth-order valence-corrected chi connectivity index (χ4v) is 4.82. The summed E-state index contributed by atoms with van der Waals surface area (Å²) in [5.41, 5.74) is 10.9. The zero-order valence-electron chi connectivity index (χ0n) is 16.1. The molecule has 0 saturated carbocycles. The highest BCUT2D eigenvalue weighted by atomic mass is 14.3. The van der Waals surface area contributed by atoms with Gasteiger partial charge in [-0.25, -0.2) is 0 Å². The molecule has 0 saturated heterocycles. The molecule has 0 heterocycles. The molecule has 0 aliphatic heterocycles. The van der Waals surface area contributed by atoms with E-state index >= 15 is 0 Å². The summed E-state index contributed by atoms with van der Waals surface area (Å²) in [6, 6.07) is 39.6. The van der Waals surface area contributed by atoms with Crippen molar-refractivity contribution in [2.24, 2.45) is 0 Å². The van der Waals surface area contributed by atoms with Gasteiger partial charge in [-0.2, -0.15) is 0 Å². The molecule has 0 N–H and O–H groups in total. The maximum atomic E-state index is 2.32. The molecule has 1 aliphatic rings. The average Bonchev–Trinajstić information content (AvgIpc) is 3.13. The molecule has 29 heavy (non-hydrogen) atoms. The molecule has 0 amide bonds. The van der Waals surface area contributed by atoms with E-state index in [9.17, 15) is 0 Å². The van der Waals surface area contributed by atoms with Crippen LogP contribution in [0.25, 0.3) is 44.2 Å². The first kappa shape index (κ1) is 16.3. The average molecular weight is 368 g/mol. The van der Waals surface area contributed by atoms with E-state index in [2.05, 4.69) is 109 Å². The SMILES string of the molecule is c1ccc(-c2ccccc2Cc2ccc3cccc4c3c2-c2ccccc2-4)cc1. The largest absolute Gasteiger partial charge is 0.0622 e. The molecule has 0 radical (unpaired) electrons. The monoisotopic (exact) mass is 368 g/mol. The molecule has 0 unspecified atom stereocenters. The van der Waals surface area contributed by atoms with E-state index in [1.54, 1.807) is 0 Å².